The molecule has 1 aliphatic rings. The summed E-state index contributed by atoms with van der Waals surface area (Å²) < 4.78 is 1.85. The van der Waals surface area contributed by atoms with E-state index in [1.165, 1.54) is 0 Å². The van der Waals surface area contributed by atoms with Gasteiger partial charge in [-0.05, 0) is 25.3 Å². The smallest absolute Gasteiger partial charge is 0.272 e. The lowest BCUT2D eigenvalue weighted by molar-refractivity contribution is -0.126. The van der Waals surface area contributed by atoms with Crippen LogP contribution in [0, 0.1) is 5.92 Å². The first-order chi connectivity index (χ1) is 12.0. The van der Waals surface area contributed by atoms with Crippen LogP contribution in [-0.2, 0) is 11.8 Å². The molecule has 134 valence electrons. The zero-order chi connectivity index (χ0) is 18.0. The minimum Gasteiger partial charge on any atom is -0.356 e. The van der Waals surface area contributed by atoms with Crippen molar-refractivity contribution in [3.05, 3.63) is 35.0 Å². The molecule has 1 N–H and O–H groups in total. The second-order valence-corrected chi connectivity index (χ2v) is 7.00. The normalized spacial score (nSPS) is 17.7. The number of rotatable bonds is 4. The number of carbonyl (C=O) groups excluding carboxylic acids is 2. The van der Waals surface area contributed by atoms with Gasteiger partial charge in [0.1, 0.15) is 5.69 Å². The molecule has 0 saturated carbocycles. The van der Waals surface area contributed by atoms with Crippen molar-refractivity contribution in [1.82, 2.24) is 14.8 Å². The van der Waals surface area contributed by atoms with Gasteiger partial charge in [0.2, 0.25) is 5.91 Å². The third-order valence-corrected chi connectivity index (χ3v) is 5.26. The molecule has 0 bridgehead atoms. The van der Waals surface area contributed by atoms with E-state index >= 15 is 0 Å². The number of nitrogens with one attached hydrogen (secondary N) is 1. The topological polar surface area (TPSA) is 54.3 Å². The van der Waals surface area contributed by atoms with Gasteiger partial charge in [-0.3, -0.25) is 9.59 Å². The van der Waals surface area contributed by atoms with Gasteiger partial charge < -0.3 is 14.8 Å². The fraction of sp³-hybridized carbons (Fsp3) is 0.474. The largest absolute Gasteiger partial charge is 0.356 e. The Hall–Kier alpha value is -2.01. The molecule has 1 aromatic heterocycles. The van der Waals surface area contributed by atoms with E-state index in [0.717, 1.165) is 30.2 Å². The van der Waals surface area contributed by atoms with Gasteiger partial charge in [-0.1, -0.05) is 36.7 Å². The van der Waals surface area contributed by atoms with Gasteiger partial charge in [-0.15, -0.1) is 0 Å². The third kappa shape index (κ3) is 3.38. The van der Waals surface area contributed by atoms with Gasteiger partial charge in [-0.2, -0.15) is 0 Å². The molecule has 1 unspecified atom stereocenters. The lowest BCUT2D eigenvalue weighted by Crippen LogP contribution is -2.46. The van der Waals surface area contributed by atoms with Crippen LogP contribution >= 0.6 is 11.6 Å². The number of amides is 2. The maximum Gasteiger partial charge on any atom is 0.272 e. The molecular weight excluding hydrogens is 338 g/mol. The molecule has 1 atom stereocenters. The predicted octanol–water partition coefficient (Wildman–Crippen LogP) is 3.21. The number of piperidine rings is 1. The summed E-state index contributed by atoms with van der Waals surface area (Å²) in [5.74, 6) is -0.197. The molecule has 6 heteroatoms. The van der Waals surface area contributed by atoms with Crippen LogP contribution in [0.3, 0.4) is 0 Å². The van der Waals surface area contributed by atoms with Crippen molar-refractivity contribution in [2.45, 2.75) is 26.2 Å². The van der Waals surface area contributed by atoms with E-state index < -0.39 is 0 Å². The van der Waals surface area contributed by atoms with Crippen LogP contribution in [0.2, 0.25) is 5.02 Å². The molecule has 2 heterocycles. The molecule has 1 fully saturated rings. The number of para-hydroxylation sites is 1. The molecule has 1 saturated heterocycles. The minimum atomic E-state index is -0.141. The van der Waals surface area contributed by atoms with Crippen LogP contribution in [-0.4, -0.2) is 40.9 Å². The van der Waals surface area contributed by atoms with Crippen LogP contribution in [0.4, 0.5) is 0 Å². The molecule has 0 aliphatic carbocycles. The number of hydrogen-bond donors (Lipinski definition) is 1. The van der Waals surface area contributed by atoms with Crippen molar-refractivity contribution in [2.24, 2.45) is 13.0 Å². The van der Waals surface area contributed by atoms with E-state index in [9.17, 15) is 9.59 Å². The van der Waals surface area contributed by atoms with E-state index in [1.54, 1.807) is 4.90 Å². The summed E-state index contributed by atoms with van der Waals surface area (Å²) in [6, 6.07) is 7.72. The van der Waals surface area contributed by atoms with E-state index in [-0.39, 0.29) is 17.7 Å². The summed E-state index contributed by atoms with van der Waals surface area (Å²) in [7, 11) is 1.86. The number of aryl methyl sites for hydroxylation is 1. The van der Waals surface area contributed by atoms with Crippen LogP contribution in [0.15, 0.2) is 24.3 Å². The number of nitrogens with zero attached hydrogens (tertiary/aromatic N) is 2. The lowest BCUT2D eigenvalue weighted by atomic mass is 9.97. The van der Waals surface area contributed by atoms with Gasteiger partial charge >= 0.3 is 0 Å². The van der Waals surface area contributed by atoms with E-state index in [4.69, 9.17) is 11.6 Å². The van der Waals surface area contributed by atoms with E-state index in [2.05, 4.69) is 5.32 Å². The Bertz CT molecular complexity index is 760. The number of benzene rings is 1. The quantitative estimate of drug-likeness (QED) is 0.909. The Labute approximate surface area is 152 Å². The molecule has 1 aliphatic heterocycles. The maximum atomic E-state index is 13.1. The fourth-order valence-electron chi connectivity index (χ4n) is 3.50. The molecular formula is C19H24ClN3O2. The zero-order valence-electron chi connectivity index (χ0n) is 14.7. The Morgan fingerprint density at radius 1 is 1.32 bits per heavy atom. The zero-order valence-corrected chi connectivity index (χ0v) is 15.5. The monoisotopic (exact) mass is 361 g/mol. The molecule has 5 nitrogen and oxygen atoms in total. The van der Waals surface area contributed by atoms with Gasteiger partial charge in [0.15, 0.2) is 0 Å². The standard InChI is InChI=1S/C19H24ClN3O2/c1-3-10-21-18(24)13-7-6-11-23(12-13)19(25)17-16(20)14-8-4-5-9-15(14)22(17)2/h4-5,8-9,13H,3,6-7,10-12H2,1-2H3,(H,21,24). The van der Waals surface area contributed by atoms with Crippen molar-refractivity contribution < 1.29 is 9.59 Å². The second-order valence-electron chi connectivity index (χ2n) is 6.62. The maximum absolute atomic E-state index is 13.1. The summed E-state index contributed by atoms with van der Waals surface area (Å²) in [6.07, 6.45) is 2.56. The van der Waals surface area contributed by atoms with Crippen molar-refractivity contribution in [2.75, 3.05) is 19.6 Å². The molecule has 2 amide bonds. The van der Waals surface area contributed by atoms with Gasteiger partial charge in [0.05, 0.1) is 10.9 Å². The van der Waals surface area contributed by atoms with Gasteiger partial charge in [-0.25, -0.2) is 0 Å². The number of hydrogen-bond acceptors (Lipinski definition) is 2. The van der Waals surface area contributed by atoms with Crippen molar-refractivity contribution >= 4 is 34.3 Å². The summed E-state index contributed by atoms with van der Waals surface area (Å²) in [4.78, 5) is 27.1. The predicted molar refractivity (Wildman–Crippen MR) is 99.9 cm³/mol. The van der Waals surface area contributed by atoms with Gasteiger partial charge in [0.25, 0.3) is 5.91 Å². The highest BCUT2D eigenvalue weighted by Crippen LogP contribution is 2.31. The van der Waals surface area contributed by atoms with E-state index in [0.29, 0.717) is 30.4 Å². The molecule has 2 aromatic rings. The van der Waals surface area contributed by atoms with Crippen molar-refractivity contribution in [3.63, 3.8) is 0 Å². The fourth-order valence-corrected chi connectivity index (χ4v) is 3.87. The van der Waals surface area contributed by atoms with Crippen molar-refractivity contribution in [3.8, 4) is 0 Å². The third-order valence-electron chi connectivity index (χ3n) is 4.88. The van der Waals surface area contributed by atoms with Crippen LogP contribution in [0.1, 0.15) is 36.7 Å². The average Bonchev–Trinajstić information content (AvgIpc) is 2.90. The highest BCUT2D eigenvalue weighted by atomic mass is 35.5. The summed E-state index contributed by atoms with van der Waals surface area (Å²) >= 11 is 6.50. The Morgan fingerprint density at radius 2 is 2.08 bits per heavy atom. The number of aromatic nitrogens is 1. The van der Waals surface area contributed by atoms with Crippen molar-refractivity contribution in [1.29, 1.82) is 0 Å². The average molecular weight is 362 g/mol. The molecule has 1 aromatic carbocycles. The molecule has 0 radical (unpaired) electrons. The van der Waals surface area contributed by atoms with E-state index in [1.807, 2.05) is 42.8 Å². The first-order valence-corrected chi connectivity index (χ1v) is 9.22. The molecule has 0 spiro atoms. The van der Waals surface area contributed by atoms with Crippen LogP contribution in [0.25, 0.3) is 10.9 Å². The first kappa shape index (κ1) is 17.8. The second kappa shape index (κ2) is 7.48. The SMILES string of the molecule is CCCNC(=O)C1CCCN(C(=O)c2c(Cl)c3ccccc3n2C)C1. The summed E-state index contributed by atoms with van der Waals surface area (Å²) in [5.41, 5.74) is 1.43. The Kier molecular flexibility index (Phi) is 5.33. The Morgan fingerprint density at radius 3 is 2.80 bits per heavy atom. The highest BCUT2D eigenvalue weighted by Gasteiger charge is 2.31. The number of fused-ring (bicyclic) bond motifs is 1. The Balaban J connectivity index is 1.82. The lowest BCUT2D eigenvalue weighted by Gasteiger charge is -2.32. The highest BCUT2D eigenvalue weighted by molar-refractivity contribution is 6.38. The van der Waals surface area contributed by atoms with Crippen LogP contribution < -0.4 is 5.32 Å². The number of carbonyl (C=O) groups is 2. The summed E-state index contributed by atoms with van der Waals surface area (Å²) in [6.45, 7) is 3.82. The molecule has 25 heavy (non-hydrogen) atoms. The molecule has 3 rings (SSSR count). The number of halogens is 1. The summed E-state index contributed by atoms with van der Waals surface area (Å²) in [5, 5.41) is 4.30. The van der Waals surface area contributed by atoms with Crippen LogP contribution in [0.5, 0.6) is 0 Å². The van der Waals surface area contributed by atoms with Gasteiger partial charge in [0, 0.05) is 37.6 Å². The number of likely N-dealkylation sites (tertiary alicyclic amines) is 1. The minimum absolute atomic E-state index is 0.0440. The first-order valence-electron chi connectivity index (χ1n) is 8.84.